The summed E-state index contributed by atoms with van der Waals surface area (Å²) in [6.07, 6.45) is 4.36. The van der Waals surface area contributed by atoms with Crippen LogP contribution in [0.1, 0.15) is 69.2 Å². The van der Waals surface area contributed by atoms with Crippen LogP contribution in [0.15, 0.2) is 36.4 Å². The van der Waals surface area contributed by atoms with Crippen LogP contribution in [0, 0.1) is 12.1 Å². The van der Waals surface area contributed by atoms with Crippen molar-refractivity contribution in [3.05, 3.63) is 59.0 Å². The van der Waals surface area contributed by atoms with Gasteiger partial charge in [0, 0.05) is 32.7 Å². The monoisotopic (exact) mass is 521 g/mol. The second-order valence-corrected chi connectivity index (χ2v) is 8.15. The largest absolute Gasteiger partial charge is 0.454 e. The van der Waals surface area contributed by atoms with Crippen molar-refractivity contribution >= 4 is 40.8 Å². The molecule has 1 radical (unpaired) electrons. The van der Waals surface area contributed by atoms with Gasteiger partial charge in [0.25, 0.3) is 0 Å². The molecule has 3 aromatic rings. The van der Waals surface area contributed by atoms with Crippen LogP contribution in [0.4, 0.5) is 0 Å². The zero-order valence-corrected chi connectivity index (χ0v) is 25.4. The summed E-state index contributed by atoms with van der Waals surface area (Å²) >= 11 is 0. The van der Waals surface area contributed by atoms with E-state index in [9.17, 15) is 0 Å². The topological polar surface area (TPSA) is 18.5 Å². The molecule has 0 bridgehead atoms. The van der Waals surface area contributed by atoms with E-state index in [-0.39, 0.29) is 51.0 Å². The minimum Gasteiger partial charge on any atom is -0.403 e. The van der Waals surface area contributed by atoms with Gasteiger partial charge in [0.1, 0.15) is 0 Å². The van der Waals surface area contributed by atoms with E-state index in [0.717, 1.165) is 10.8 Å². The van der Waals surface area contributed by atoms with Crippen molar-refractivity contribution < 1.29 is 42.0 Å². The Labute approximate surface area is 227 Å². The maximum Gasteiger partial charge on any atom is 0.454 e. The van der Waals surface area contributed by atoms with E-state index in [1.165, 1.54) is 21.2 Å². The van der Waals surface area contributed by atoms with Crippen LogP contribution in [0.3, 0.4) is 0 Å². The molecule has 1 saturated heterocycles. The van der Waals surface area contributed by atoms with E-state index in [4.69, 9.17) is 9.31 Å². The molecular weight excluding hydrogens is 480 g/mol. The average molecular weight is 521 g/mol. The Morgan fingerprint density at radius 3 is 1.30 bits per heavy atom. The first-order chi connectivity index (χ1) is 15.2. The van der Waals surface area contributed by atoms with Gasteiger partial charge in [-0.1, -0.05) is 50.3 Å². The number of fused-ring (bicyclic) bond motifs is 3. The molecule has 33 heavy (non-hydrogen) atoms. The first-order valence-electron chi connectivity index (χ1n) is 11.9. The molecule has 1 heterocycles. The second kappa shape index (κ2) is 14.4. The van der Waals surface area contributed by atoms with Gasteiger partial charge in [-0.2, -0.15) is 24.3 Å². The predicted octanol–water partition coefficient (Wildman–Crippen LogP) is 6.95. The molecule has 177 valence electrons. The maximum absolute atomic E-state index is 5.54. The first-order valence-corrected chi connectivity index (χ1v) is 11.9. The summed E-state index contributed by atoms with van der Waals surface area (Å²) in [6, 6.07) is 19.1. The van der Waals surface area contributed by atoms with Gasteiger partial charge in [-0.25, -0.2) is 10.8 Å². The Morgan fingerprint density at radius 2 is 1.06 bits per heavy atom. The first kappa shape index (κ1) is 32.0. The van der Waals surface area contributed by atoms with Crippen LogP contribution in [-0.4, -0.2) is 18.3 Å². The summed E-state index contributed by atoms with van der Waals surface area (Å²) in [5.41, 5.74) is -0.321. The second-order valence-electron chi connectivity index (χ2n) is 8.15. The molecule has 0 aliphatic carbocycles. The molecule has 0 atom stereocenters. The third kappa shape index (κ3) is 7.25. The molecule has 0 amide bonds. The SMILES string of the molecule is C/C=c1\c(=C/C)c2ccc[c-]c2c2[c-]cccc12.CB1OC(C)(C)C(C)(C)O1.CC.CC.[Y]. The summed E-state index contributed by atoms with van der Waals surface area (Å²) in [5, 5.41) is 7.40. The molecule has 0 unspecified atom stereocenters. The Balaban J connectivity index is 0.000000586. The molecule has 1 aliphatic rings. The zero-order valence-electron chi connectivity index (χ0n) is 22.6. The molecule has 0 saturated carbocycles. The van der Waals surface area contributed by atoms with Crippen molar-refractivity contribution in [3.8, 4) is 0 Å². The van der Waals surface area contributed by atoms with Crippen molar-refractivity contribution in [1.82, 2.24) is 0 Å². The van der Waals surface area contributed by atoms with Crippen LogP contribution in [-0.2, 0) is 42.0 Å². The summed E-state index contributed by atoms with van der Waals surface area (Å²) in [6.45, 7) is 22.3. The van der Waals surface area contributed by atoms with E-state index in [2.05, 4.69) is 78.0 Å². The van der Waals surface area contributed by atoms with E-state index in [0.29, 0.717) is 0 Å². The minimum atomic E-state index is -0.160. The Morgan fingerprint density at radius 1 is 0.727 bits per heavy atom. The van der Waals surface area contributed by atoms with Crippen molar-refractivity contribution in [2.24, 2.45) is 0 Å². The van der Waals surface area contributed by atoms with Crippen LogP contribution in [0.25, 0.3) is 33.7 Å². The third-order valence-corrected chi connectivity index (χ3v) is 5.78. The Hall–Kier alpha value is -0.991. The number of benzene rings is 3. The molecule has 1 aliphatic heterocycles. The fourth-order valence-corrected chi connectivity index (χ4v) is 3.79. The zero-order chi connectivity index (χ0) is 24.5. The quantitative estimate of drug-likeness (QED) is 0.181. The van der Waals surface area contributed by atoms with E-state index in [1.54, 1.807) is 0 Å². The van der Waals surface area contributed by atoms with Crippen molar-refractivity contribution in [3.63, 3.8) is 0 Å². The maximum atomic E-state index is 5.54. The van der Waals surface area contributed by atoms with Gasteiger partial charge in [-0.05, 0) is 48.4 Å². The van der Waals surface area contributed by atoms with Gasteiger partial charge in [-0.3, -0.25) is 0 Å². The van der Waals surface area contributed by atoms with Gasteiger partial charge in [0.2, 0.25) is 0 Å². The summed E-state index contributed by atoms with van der Waals surface area (Å²) in [7, 11) is -0.0648. The van der Waals surface area contributed by atoms with Gasteiger partial charge >= 0.3 is 7.12 Å². The van der Waals surface area contributed by atoms with Crippen LogP contribution < -0.4 is 10.4 Å². The molecule has 4 heteroatoms. The smallest absolute Gasteiger partial charge is 0.403 e. The summed E-state index contributed by atoms with van der Waals surface area (Å²) < 4.78 is 11.1. The molecule has 0 N–H and O–H groups in total. The fourth-order valence-electron chi connectivity index (χ4n) is 3.79. The molecule has 0 spiro atoms. The molecule has 4 rings (SSSR count). The van der Waals surface area contributed by atoms with Crippen LogP contribution in [0.5, 0.6) is 0 Å². The number of rotatable bonds is 0. The van der Waals surface area contributed by atoms with Crippen LogP contribution in [0.2, 0.25) is 6.82 Å². The Bertz CT molecular complexity index is 1030. The van der Waals surface area contributed by atoms with Gasteiger partial charge in [0.05, 0.1) is 11.2 Å². The number of hydrogen-bond donors (Lipinski definition) is 0. The summed E-state index contributed by atoms with van der Waals surface area (Å²) in [5.74, 6) is 0. The normalized spacial score (nSPS) is 16.6. The van der Waals surface area contributed by atoms with Gasteiger partial charge < -0.3 is 9.31 Å². The van der Waals surface area contributed by atoms with E-state index >= 15 is 0 Å². The molecule has 1 fully saturated rings. The predicted molar refractivity (Wildman–Crippen MR) is 143 cm³/mol. The molecule has 0 aromatic heterocycles. The van der Waals surface area contributed by atoms with Gasteiger partial charge in [-0.15, -0.1) is 35.0 Å². The Kier molecular flexibility index (Phi) is 14.0. The molecular formula is C29H41BO2Y-2. The number of hydrogen-bond acceptors (Lipinski definition) is 2. The van der Waals surface area contributed by atoms with E-state index in [1.807, 2.05) is 58.8 Å². The standard InChI is InChI=1S/C18H14.C7H15BO2.2C2H6.Y/c1-3-13-14(4-2)16-10-6-8-12-18(16)17-11-7-5-9-15(13)17;1-6(2)7(3,4)10-8(5)9-6;2*1-2;/h3-10H,1-2H3;1-5H3;2*1-2H3;/q-2;;;;/b13-3+,14-4+;;;;. The van der Waals surface area contributed by atoms with Crippen LogP contribution >= 0.6 is 0 Å². The van der Waals surface area contributed by atoms with E-state index < -0.39 is 0 Å². The van der Waals surface area contributed by atoms with Gasteiger partial charge in [0.15, 0.2) is 0 Å². The van der Waals surface area contributed by atoms with Crippen molar-refractivity contribution in [2.75, 3.05) is 0 Å². The minimum absolute atomic E-state index is 0. The van der Waals surface area contributed by atoms with Crippen molar-refractivity contribution in [1.29, 1.82) is 0 Å². The summed E-state index contributed by atoms with van der Waals surface area (Å²) in [4.78, 5) is 0. The fraction of sp³-hybridized carbons (Fsp3) is 0.448. The molecule has 3 aromatic carbocycles. The average Bonchev–Trinajstić information content (AvgIpc) is 2.99. The molecule has 2 nitrogen and oxygen atoms in total. The van der Waals surface area contributed by atoms with Crippen molar-refractivity contribution in [2.45, 2.75) is 87.3 Å². The third-order valence-electron chi connectivity index (χ3n) is 5.78.